The van der Waals surface area contributed by atoms with Crippen LogP contribution in [-0.4, -0.2) is 19.1 Å². The summed E-state index contributed by atoms with van der Waals surface area (Å²) in [5, 5.41) is 3.08. The van der Waals surface area contributed by atoms with E-state index in [1.807, 2.05) is 6.92 Å². The van der Waals surface area contributed by atoms with E-state index in [0.717, 1.165) is 18.9 Å². The van der Waals surface area contributed by atoms with Gasteiger partial charge in [-0.1, -0.05) is 0 Å². The zero-order chi connectivity index (χ0) is 13.3. The second-order valence-corrected chi connectivity index (χ2v) is 4.68. The van der Waals surface area contributed by atoms with Crippen molar-refractivity contribution in [1.82, 2.24) is 0 Å². The van der Waals surface area contributed by atoms with Crippen molar-refractivity contribution in [2.24, 2.45) is 5.92 Å². The first-order valence-corrected chi connectivity index (χ1v) is 5.96. The molecule has 0 aliphatic heterocycles. The number of rotatable bonds is 4. The predicted molar refractivity (Wildman–Crippen MR) is 68.0 cm³/mol. The van der Waals surface area contributed by atoms with E-state index in [1.165, 1.54) is 13.2 Å². The van der Waals surface area contributed by atoms with Gasteiger partial charge in [-0.2, -0.15) is 0 Å². The quantitative estimate of drug-likeness (QED) is 0.638. The third kappa shape index (κ3) is 2.55. The highest BCUT2D eigenvalue weighted by molar-refractivity contribution is 5.96. The summed E-state index contributed by atoms with van der Waals surface area (Å²) in [5.74, 6) is -0.425. The fourth-order valence-corrected chi connectivity index (χ4v) is 1.95. The van der Waals surface area contributed by atoms with E-state index in [9.17, 15) is 9.18 Å². The number of nitrogens with one attached hydrogen (secondary N) is 1. The van der Waals surface area contributed by atoms with Gasteiger partial charge < -0.3 is 15.8 Å². The molecule has 0 heterocycles. The average molecular weight is 252 g/mol. The summed E-state index contributed by atoms with van der Waals surface area (Å²) in [6, 6.07) is 2.75. The molecule has 1 aliphatic carbocycles. The molecule has 1 unspecified atom stereocenters. The number of benzene rings is 1. The van der Waals surface area contributed by atoms with Crippen molar-refractivity contribution >= 4 is 17.3 Å². The molecular weight excluding hydrogens is 235 g/mol. The molecule has 0 bridgehead atoms. The van der Waals surface area contributed by atoms with Gasteiger partial charge in [-0.05, 0) is 37.8 Å². The number of anilines is 2. The second kappa shape index (κ2) is 4.84. The number of esters is 1. The van der Waals surface area contributed by atoms with Gasteiger partial charge in [-0.15, -0.1) is 0 Å². The molecule has 0 radical (unpaired) electrons. The van der Waals surface area contributed by atoms with E-state index >= 15 is 0 Å². The molecule has 1 aromatic carbocycles. The minimum absolute atomic E-state index is 0.0870. The third-order valence-corrected chi connectivity index (χ3v) is 3.26. The number of ether oxygens (including phenoxy) is 1. The zero-order valence-electron chi connectivity index (χ0n) is 10.5. The number of hydrogen-bond donors (Lipinski definition) is 2. The Morgan fingerprint density at radius 2 is 2.22 bits per heavy atom. The van der Waals surface area contributed by atoms with Crippen LogP contribution in [0.25, 0.3) is 0 Å². The van der Waals surface area contributed by atoms with Crippen molar-refractivity contribution in [3.05, 3.63) is 23.5 Å². The van der Waals surface area contributed by atoms with Gasteiger partial charge in [0.2, 0.25) is 0 Å². The number of hydrogen-bond acceptors (Lipinski definition) is 4. The molecule has 0 aromatic heterocycles. The lowest BCUT2D eigenvalue weighted by Crippen LogP contribution is -2.19. The first kappa shape index (κ1) is 12.7. The Morgan fingerprint density at radius 1 is 1.56 bits per heavy atom. The van der Waals surface area contributed by atoms with E-state index in [-0.39, 0.29) is 17.3 Å². The molecule has 4 nitrogen and oxygen atoms in total. The second-order valence-electron chi connectivity index (χ2n) is 4.68. The molecule has 3 N–H and O–H groups in total. The van der Waals surface area contributed by atoms with Crippen LogP contribution in [0.4, 0.5) is 15.8 Å². The van der Waals surface area contributed by atoms with E-state index in [4.69, 9.17) is 5.73 Å². The van der Waals surface area contributed by atoms with Crippen molar-refractivity contribution in [2.75, 3.05) is 18.2 Å². The van der Waals surface area contributed by atoms with E-state index in [0.29, 0.717) is 11.6 Å². The molecule has 5 heteroatoms. The van der Waals surface area contributed by atoms with Crippen LogP contribution in [0.15, 0.2) is 12.1 Å². The maximum Gasteiger partial charge on any atom is 0.340 e. The Hall–Kier alpha value is -1.78. The van der Waals surface area contributed by atoms with Crippen LogP contribution in [0.1, 0.15) is 30.1 Å². The smallest absolute Gasteiger partial charge is 0.340 e. The lowest BCUT2D eigenvalue weighted by molar-refractivity contribution is 0.0602. The van der Waals surface area contributed by atoms with E-state index < -0.39 is 11.8 Å². The fourth-order valence-electron chi connectivity index (χ4n) is 1.95. The molecule has 1 atom stereocenters. The monoisotopic (exact) mass is 252 g/mol. The number of nitrogens with two attached hydrogens (primary N) is 1. The van der Waals surface area contributed by atoms with Gasteiger partial charge in [-0.25, -0.2) is 9.18 Å². The van der Waals surface area contributed by atoms with E-state index in [2.05, 4.69) is 10.1 Å². The van der Waals surface area contributed by atoms with Crippen molar-refractivity contribution < 1.29 is 13.9 Å². The molecule has 1 fully saturated rings. The summed E-state index contributed by atoms with van der Waals surface area (Å²) < 4.78 is 18.4. The van der Waals surface area contributed by atoms with Gasteiger partial charge in [0.05, 0.1) is 18.4 Å². The largest absolute Gasteiger partial charge is 0.465 e. The zero-order valence-corrected chi connectivity index (χ0v) is 10.5. The lowest BCUT2D eigenvalue weighted by Gasteiger charge is -2.16. The number of carbonyl (C=O) groups is 1. The first-order valence-electron chi connectivity index (χ1n) is 5.96. The Kier molecular flexibility index (Phi) is 3.41. The first-order chi connectivity index (χ1) is 8.52. The Balaban J connectivity index is 2.25. The molecule has 1 saturated carbocycles. The highest BCUT2D eigenvalue weighted by Crippen LogP contribution is 2.34. The van der Waals surface area contributed by atoms with Gasteiger partial charge in [0.1, 0.15) is 5.82 Å². The molecule has 2 rings (SSSR count). The summed E-state index contributed by atoms with van der Waals surface area (Å²) in [6.07, 6.45) is 2.32. The maximum atomic E-state index is 13.7. The van der Waals surface area contributed by atoms with Gasteiger partial charge in [-0.3, -0.25) is 0 Å². The average Bonchev–Trinajstić information content (AvgIpc) is 3.15. The van der Waals surface area contributed by atoms with Gasteiger partial charge in [0.25, 0.3) is 0 Å². The van der Waals surface area contributed by atoms with Crippen molar-refractivity contribution in [3.8, 4) is 0 Å². The Bertz CT molecular complexity index is 472. The van der Waals surface area contributed by atoms with Crippen LogP contribution >= 0.6 is 0 Å². The predicted octanol–water partition coefficient (Wildman–Crippen LogP) is 2.40. The van der Waals surface area contributed by atoms with Gasteiger partial charge >= 0.3 is 5.97 Å². The minimum Gasteiger partial charge on any atom is -0.465 e. The minimum atomic E-state index is -0.561. The standard InChI is InChI=1S/C13H17FN2O2/c1-7(8-3-4-8)16-12-5-9(13(17)18-2)11(15)6-10(12)14/h5-8,16H,3-4,15H2,1-2H3. The molecule has 0 spiro atoms. The Morgan fingerprint density at radius 3 is 2.78 bits per heavy atom. The fraction of sp³-hybridized carbons (Fsp3) is 0.462. The van der Waals surface area contributed by atoms with Crippen molar-refractivity contribution in [1.29, 1.82) is 0 Å². The molecule has 18 heavy (non-hydrogen) atoms. The van der Waals surface area contributed by atoms with Crippen LogP contribution in [0.3, 0.4) is 0 Å². The molecular formula is C13H17FN2O2. The molecule has 0 saturated heterocycles. The number of carbonyl (C=O) groups excluding carboxylic acids is 1. The summed E-state index contributed by atoms with van der Waals surface area (Å²) >= 11 is 0. The van der Waals surface area contributed by atoms with Crippen LogP contribution < -0.4 is 11.1 Å². The normalized spacial score (nSPS) is 16.2. The summed E-state index contributed by atoms with van der Waals surface area (Å²) in [7, 11) is 1.27. The third-order valence-electron chi connectivity index (χ3n) is 3.26. The number of nitrogen functional groups attached to an aromatic ring is 1. The van der Waals surface area contributed by atoms with E-state index in [1.54, 1.807) is 0 Å². The summed E-state index contributed by atoms with van der Waals surface area (Å²) in [6.45, 7) is 2.01. The number of methoxy groups -OCH3 is 1. The van der Waals surface area contributed by atoms with Crippen LogP contribution in [-0.2, 0) is 4.74 Å². The molecule has 98 valence electrons. The van der Waals surface area contributed by atoms with Gasteiger partial charge in [0.15, 0.2) is 0 Å². The van der Waals surface area contributed by atoms with Gasteiger partial charge in [0, 0.05) is 11.7 Å². The Labute approximate surface area is 105 Å². The molecule has 0 amide bonds. The van der Waals surface area contributed by atoms with Crippen molar-refractivity contribution in [2.45, 2.75) is 25.8 Å². The van der Waals surface area contributed by atoms with Crippen molar-refractivity contribution in [3.63, 3.8) is 0 Å². The summed E-state index contributed by atoms with van der Waals surface area (Å²) in [4.78, 5) is 11.5. The maximum absolute atomic E-state index is 13.7. The van der Waals surface area contributed by atoms with Crippen LogP contribution in [0, 0.1) is 11.7 Å². The highest BCUT2D eigenvalue weighted by Gasteiger charge is 2.28. The van der Waals surface area contributed by atoms with Crippen LogP contribution in [0.5, 0.6) is 0 Å². The lowest BCUT2D eigenvalue weighted by atomic mass is 10.1. The molecule has 1 aromatic rings. The number of halogens is 1. The van der Waals surface area contributed by atoms with Crippen LogP contribution in [0.2, 0.25) is 0 Å². The molecule has 1 aliphatic rings. The SMILES string of the molecule is COC(=O)c1cc(NC(C)C2CC2)c(F)cc1N. The topological polar surface area (TPSA) is 64.3 Å². The summed E-state index contributed by atoms with van der Waals surface area (Å²) in [5.41, 5.74) is 6.17. The highest BCUT2D eigenvalue weighted by atomic mass is 19.1.